The van der Waals surface area contributed by atoms with Crippen LogP contribution >= 0.6 is 33.0 Å². The first-order valence-electron chi connectivity index (χ1n) is 20.4. The molecule has 0 radical (unpaired) electrons. The number of phenols is 3. The van der Waals surface area contributed by atoms with Gasteiger partial charge in [0.15, 0.2) is 34.5 Å². The molecule has 8 aromatic rings. The summed E-state index contributed by atoms with van der Waals surface area (Å²) in [4.78, 5) is 20.9. The molecule has 0 saturated heterocycles. The highest BCUT2D eigenvalue weighted by Gasteiger charge is 2.59. The quantitative estimate of drug-likeness (QED) is 0.0786. The number of hydrogen-bond acceptors (Lipinski definition) is 15. The van der Waals surface area contributed by atoms with Crippen molar-refractivity contribution in [1.29, 1.82) is 0 Å². The SMILES string of the molecule is Oc1ccccc1ON1P(Oc2ccccc2)N(Oc2ccccc2)P(Oc2ccccc2)N(Oc2ccccc2)P(Oc2ccccc2)N=P1(Oc1ccccc1O)Oc1ccccc1O. The Kier molecular flexibility index (Phi) is 14.5. The molecule has 3 N–H and O–H groups in total. The summed E-state index contributed by atoms with van der Waals surface area (Å²) in [6.45, 7) is 0. The molecule has 1 heterocycles. The summed E-state index contributed by atoms with van der Waals surface area (Å²) in [7, 11) is -12.7. The number of hydrogen-bond donors (Lipinski definition) is 3. The topological polar surface area (TPSA) is 157 Å². The fraction of sp³-hybridized carbons (Fsp3) is 0. The molecule has 19 heteroatoms. The number of nitrogens with zero attached hydrogens (tertiary/aromatic N) is 4. The second-order valence-corrected chi connectivity index (χ2v) is 21.0. The summed E-state index contributed by atoms with van der Waals surface area (Å²) in [5, 5.41) is 34.6. The van der Waals surface area contributed by atoms with Crippen LogP contribution in [0.25, 0.3) is 0 Å². The minimum Gasteiger partial charge on any atom is -0.504 e. The number of benzene rings is 8. The van der Waals surface area contributed by atoms with E-state index in [4.69, 9.17) is 41.6 Å². The van der Waals surface area contributed by atoms with Crippen LogP contribution in [0.2, 0.25) is 0 Å². The van der Waals surface area contributed by atoms with Gasteiger partial charge in [-0.25, -0.2) is 0 Å². The number of rotatable bonds is 16. The summed E-state index contributed by atoms with van der Waals surface area (Å²) >= 11 is 0. The smallest absolute Gasteiger partial charge is 0.447 e. The maximum atomic E-state index is 11.5. The predicted molar refractivity (Wildman–Crippen MR) is 257 cm³/mol. The van der Waals surface area contributed by atoms with Crippen molar-refractivity contribution in [1.82, 2.24) is 13.8 Å². The van der Waals surface area contributed by atoms with Gasteiger partial charge in [-0.05, 0) is 97.1 Å². The van der Waals surface area contributed by atoms with Crippen LogP contribution < -0.4 is 37.1 Å². The minimum atomic E-state index is -4.71. The maximum absolute atomic E-state index is 11.5. The molecule has 0 bridgehead atoms. The van der Waals surface area contributed by atoms with Gasteiger partial charge in [-0.2, -0.15) is 0 Å². The van der Waals surface area contributed by atoms with E-state index >= 15 is 0 Å². The van der Waals surface area contributed by atoms with Gasteiger partial charge < -0.3 is 52.5 Å². The van der Waals surface area contributed by atoms with E-state index in [1.54, 1.807) is 133 Å². The van der Waals surface area contributed by atoms with E-state index in [-0.39, 0.29) is 34.5 Å². The molecule has 0 aliphatic carbocycles. The van der Waals surface area contributed by atoms with Gasteiger partial charge in [0, 0.05) is 13.8 Å². The van der Waals surface area contributed by atoms with Gasteiger partial charge in [0.05, 0.1) is 0 Å². The normalized spacial score (nSPS) is 17.3. The molecule has 0 saturated carbocycles. The average Bonchev–Trinajstić information content (AvgIpc) is 3.36. The maximum Gasteiger partial charge on any atom is 0.447 e. The molecule has 8 aromatic carbocycles. The first-order chi connectivity index (χ1) is 32.9. The number of phenolic OH excluding ortho intramolecular Hbond substituents is 3. The van der Waals surface area contributed by atoms with Crippen LogP contribution in [0, 0.1) is 0 Å². The highest BCUT2D eigenvalue weighted by molar-refractivity contribution is 7.78. The lowest BCUT2D eigenvalue weighted by Crippen LogP contribution is -2.39. The van der Waals surface area contributed by atoms with E-state index in [1.807, 2.05) is 54.6 Å². The Morgan fingerprint density at radius 1 is 0.343 bits per heavy atom. The zero-order valence-corrected chi connectivity index (χ0v) is 38.6. The van der Waals surface area contributed by atoms with Gasteiger partial charge >= 0.3 is 33.0 Å². The molecule has 1 aliphatic heterocycles. The van der Waals surface area contributed by atoms with Crippen LogP contribution in [-0.4, -0.2) is 29.1 Å². The van der Waals surface area contributed by atoms with Crippen molar-refractivity contribution in [3.63, 3.8) is 0 Å². The molecule has 0 fully saturated rings. The van der Waals surface area contributed by atoms with Gasteiger partial charge in [0.1, 0.15) is 28.7 Å². The van der Waals surface area contributed by atoms with Crippen LogP contribution in [0.4, 0.5) is 0 Å². The molecular weight excluding hydrogens is 932 g/mol. The zero-order chi connectivity index (χ0) is 45.8. The molecule has 67 heavy (non-hydrogen) atoms. The molecule has 3 atom stereocenters. The largest absolute Gasteiger partial charge is 0.504 e. The molecule has 15 nitrogen and oxygen atoms in total. The van der Waals surface area contributed by atoms with Crippen LogP contribution in [0.5, 0.6) is 63.2 Å². The van der Waals surface area contributed by atoms with E-state index in [0.717, 1.165) is 0 Å². The van der Waals surface area contributed by atoms with E-state index in [0.29, 0.717) is 28.7 Å². The fourth-order valence-corrected chi connectivity index (χ4v) is 15.7. The summed E-state index contributed by atoms with van der Waals surface area (Å²) in [6, 6.07) is 63.4. The van der Waals surface area contributed by atoms with E-state index in [1.165, 1.54) is 50.2 Å². The van der Waals surface area contributed by atoms with Gasteiger partial charge in [0.2, 0.25) is 0 Å². The molecule has 0 amide bonds. The molecule has 0 aromatic heterocycles. The third-order valence-electron chi connectivity index (χ3n) is 9.00. The van der Waals surface area contributed by atoms with Crippen LogP contribution in [0.15, 0.2) is 229 Å². The van der Waals surface area contributed by atoms with E-state index in [9.17, 15) is 15.3 Å². The highest BCUT2D eigenvalue weighted by atomic mass is 31.3. The van der Waals surface area contributed by atoms with Crippen molar-refractivity contribution >= 4 is 33.0 Å². The first kappa shape index (κ1) is 45.1. The van der Waals surface area contributed by atoms with Crippen LogP contribution in [0.3, 0.4) is 0 Å². The summed E-state index contributed by atoms with van der Waals surface area (Å²) < 4.78 is 44.7. The van der Waals surface area contributed by atoms with Crippen molar-refractivity contribution < 1.29 is 52.5 Å². The van der Waals surface area contributed by atoms with Crippen molar-refractivity contribution in [2.75, 3.05) is 0 Å². The Morgan fingerprint density at radius 2 is 0.687 bits per heavy atom. The van der Waals surface area contributed by atoms with Gasteiger partial charge in [-0.3, -0.25) is 0 Å². The second-order valence-electron chi connectivity index (χ2n) is 13.8. The third-order valence-corrected chi connectivity index (χ3v) is 17.9. The molecule has 0 spiro atoms. The number of para-hydroxylation sites is 11. The van der Waals surface area contributed by atoms with Crippen molar-refractivity contribution in [2.45, 2.75) is 0 Å². The third kappa shape index (κ3) is 11.2. The minimum absolute atomic E-state index is 0.0905. The Hall–Kier alpha value is -7.04. The standard InChI is InChI=1S/C48H40N4O11P4/c53-43-32-16-19-35-46(43)58-52-66(61-42-30-14-5-15-31-42)51(57-39-24-8-2-9-25-39)65(60-41-28-12-4-13-29-41)50(56-38-22-6-1-7-23-38)64(59-40-26-10-3-11-27-40)49-67(52,62-47-36-20-17-33-44(47)54)63-48-37-21-18-34-45(48)55/h1-37,53-55H. The first-order valence-corrected chi connectivity index (χ1v) is 25.4. The lowest BCUT2D eigenvalue weighted by atomic mass is 10.3. The Balaban J connectivity index is 1.42. The Bertz CT molecular complexity index is 2840. The van der Waals surface area contributed by atoms with Gasteiger partial charge in [-0.15, -0.1) is 4.52 Å². The molecular formula is C48H40N4O11P4. The van der Waals surface area contributed by atoms with Gasteiger partial charge in [-0.1, -0.05) is 127 Å². The second kappa shape index (κ2) is 21.5. The summed E-state index contributed by atoms with van der Waals surface area (Å²) in [6.07, 6.45) is 0. The predicted octanol–water partition coefficient (Wildman–Crippen LogP) is 14.0. The molecule has 9 rings (SSSR count). The van der Waals surface area contributed by atoms with E-state index in [2.05, 4.69) is 0 Å². The van der Waals surface area contributed by atoms with Crippen LogP contribution in [-0.2, 0) is 0 Å². The zero-order valence-electron chi connectivity index (χ0n) is 35.0. The Morgan fingerprint density at radius 3 is 1.12 bits per heavy atom. The molecule has 3 unspecified atom stereocenters. The summed E-state index contributed by atoms with van der Waals surface area (Å²) in [5.41, 5.74) is 0. The van der Waals surface area contributed by atoms with E-state index < -0.39 is 33.0 Å². The lowest BCUT2D eigenvalue weighted by Gasteiger charge is -2.45. The molecule has 338 valence electrons. The summed E-state index contributed by atoms with van der Waals surface area (Å²) in [5.74, 6) is 0.560. The van der Waals surface area contributed by atoms with Crippen LogP contribution in [0.1, 0.15) is 0 Å². The van der Waals surface area contributed by atoms with Crippen molar-refractivity contribution in [3.8, 4) is 63.2 Å². The average molecular weight is 973 g/mol. The fourth-order valence-electron chi connectivity index (χ4n) is 5.89. The Labute approximate surface area is 390 Å². The van der Waals surface area contributed by atoms with Crippen molar-refractivity contribution in [2.24, 2.45) is 4.52 Å². The monoisotopic (exact) mass is 972 g/mol. The van der Waals surface area contributed by atoms with Crippen molar-refractivity contribution in [3.05, 3.63) is 224 Å². The lowest BCUT2D eigenvalue weighted by molar-refractivity contribution is 0.0366. The molecule has 1 aliphatic rings. The van der Waals surface area contributed by atoms with Gasteiger partial charge in [0.25, 0.3) is 0 Å². The number of aromatic hydroxyl groups is 3. The highest BCUT2D eigenvalue weighted by Crippen LogP contribution is 2.78.